The zero-order valence-corrected chi connectivity index (χ0v) is 15.3. The number of nitrogens with one attached hydrogen (secondary N) is 3. The maximum atomic E-state index is 12.2. The summed E-state index contributed by atoms with van der Waals surface area (Å²) in [6.45, 7) is 4.43. The lowest BCUT2D eigenvalue weighted by Gasteiger charge is -2.23. The van der Waals surface area contributed by atoms with Crippen molar-refractivity contribution >= 4 is 29.9 Å². The zero-order chi connectivity index (χ0) is 17.0. The molecule has 1 atom stereocenters. The molecule has 1 aromatic carbocycles. The monoisotopic (exact) mass is 367 g/mol. The quantitative estimate of drug-likeness (QED) is 0.671. The molecule has 2 aliphatic rings. The Morgan fingerprint density at radius 1 is 1.32 bits per heavy atom. The highest BCUT2D eigenvalue weighted by molar-refractivity contribution is 5.88. The number of carbonyl (C=O) groups excluding carboxylic acids is 2. The largest absolute Gasteiger partial charge is 0.492 e. The van der Waals surface area contributed by atoms with Crippen LogP contribution in [0.25, 0.3) is 0 Å². The number of carbonyl (C=O) groups is 2. The molecule has 1 unspecified atom stereocenters. The lowest BCUT2D eigenvalue weighted by atomic mass is 9.92. The summed E-state index contributed by atoms with van der Waals surface area (Å²) in [4.78, 5) is 23.3. The van der Waals surface area contributed by atoms with Crippen molar-refractivity contribution in [1.82, 2.24) is 10.6 Å². The van der Waals surface area contributed by atoms with Crippen molar-refractivity contribution in [2.24, 2.45) is 11.3 Å². The molecule has 1 heterocycles. The van der Waals surface area contributed by atoms with Gasteiger partial charge in [0, 0.05) is 24.6 Å². The van der Waals surface area contributed by atoms with Gasteiger partial charge in [-0.3, -0.25) is 9.59 Å². The van der Waals surface area contributed by atoms with E-state index < -0.39 is 0 Å². The van der Waals surface area contributed by atoms with Crippen LogP contribution in [0.4, 0.5) is 5.69 Å². The molecule has 1 aromatic rings. The Labute approximate surface area is 154 Å². The fraction of sp³-hybridized carbons (Fsp3) is 0.556. The summed E-state index contributed by atoms with van der Waals surface area (Å²) in [7, 11) is 0. The molecule has 0 radical (unpaired) electrons. The molecule has 2 amide bonds. The summed E-state index contributed by atoms with van der Waals surface area (Å²) in [5.74, 6) is 0.905. The first-order valence-electron chi connectivity index (χ1n) is 8.58. The average molecular weight is 368 g/mol. The van der Waals surface area contributed by atoms with Crippen LogP contribution in [0, 0.1) is 11.3 Å². The van der Waals surface area contributed by atoms with Gasteiger partial charge in [0.15, 0.2) is 0 Å². The Kier molecular flexibility index (Phi) is 6.67. The van der Waals surface area contributed by atoms with Crippen molar-refractivity contribution in [2.75, 3.05) is 31.6 Å². The van der Waals surface area contributed by atoms with Gasteiger partial charge in [0.05, 0.1) is 6.54 Å². The minimum absolute atomic E-state index is 0. The van der Waals surface area contributed by atoms with Gasteiger partial charge in [-0.15, -0.1) is 12.4 Å². The summed E-state index contributed by atoms with van der Waals surface area (Å²) in [5.41, 5.74) is 0.970. The predicted octanol–water partition coefficient (Wildman–Crippen LogP) is 1.95. The van der Waals surface area contributed by atoms with Crippen LogP contribution in [0.3, 0.4) is 0 Å². The van der Waals surface area contributed by atoms with Crippen LogP contribution in [0.5, 0.6) is 5.75 Å². The van der Waals surface area contributed by atoms with E-state index in [0.717, 1.165) is 32.4 Å². The second-order valence-electron chi connectivity index (χ2n) is 6.72. The highest BCUT2D eigenvalue weighted by atomic mass is 35.5. The Morgan fingerprint density at radius 2 is 2.08 bits per heavy atom. The topological polar surface area (TPSA) is 79.5 Å². The van der Waals surface area contributed by atoms with Crippen LogP contribution in [0.2, 0.25) is 0 Å². The SMILES string of the molecule is CC(=O)Nc1cccc(OCCNC(=O)C2CC23CCNCC3)c1.Cl. The van der Waals surface area contributed by atoms with Crippen molar-refractivity contribution in [2.45, 2.75) is 26.2 Å². The van der Waals surface area contributed by atoms with E-state index in [4.69, 9.17) is 4.74 Å². The normalized spacial score (nSPS) is 20.3. The molecule has 7 heteroatoms. The van der Waals surface area contributed by atoms with Crippen molar-refractivity contribution in [3.63, 3.8) is 0 Å². The number of hydrogen-bond acceptors (Lipinski definition) is 4. The number of rotatable bonds is 6. The first kappa shape index (κ1) is 19.5. The highest BCUT2D eigenvalue weighted by Gasteiger charge is 2.57. The van der Waals surface area contributed by atoms with E-state index in [0.29, 0.717) is 24.6 Å². The van der Waals surface area contributed by atoms with Crippen LogP contribution in [-0.4, -0.2) is 38.1 Å². The van der Waals surface area contributed by atoms with E-state index in [2.05, 4.69) is 16.0 Å². The van der Waals surface area contributed by atoms with E-state index >= 15 is 0 Å². The van der Waals surface area contributed by atoms with E-state index in [-0.39, 0.29) is 35.6 Å². The number of amides is 2. The van der Waals surface area contributed by atoms with Crippen molar-refractivity contribution < 1.29 is 14.3 Å². The zero-order valence-electron chi connectivity index (χ0n) is 14.5. The van der Waals surface area contributed by atoms with Gasteiger partial charge in [-0.2, -0.15) is 0 Å². The third-order valence-corrected chi connectivity index (χ3v) is 4.93. The number of hydrogen-bond donors (Lipinski definition) is 3. The second kappa shape index (κ2) is 8.54. The van der Waals surface area contributed by atoms with E-state index in [9.17, 15) is 9.59 Å². The fourth-order valence-electron chi connectivity index (χ4n) is 3.53. The predicted molar refractivity (Wildman–Crippen MR) is 99.1 cm³/mol. The van der Waals surface area contributed by atoms with E-state index in [1.54, 1.807) is 6.07 Å². The van der Waals surface area contributed by atoms with Crippen molar-refractivity contribution in [1.29, 1.82) is 0 Å². The maximum Gasteiger partial charge on any atom is 0.223 e. The fourth-order valence-corrected chi connectivity index (χ4v) is 3.53. The van der Waals surface area contributed by atoms with E-state index in [1.807, 2.05) is 18.2 Å². The first-order valence-corrected chi connectivity index (χ1v) is 8.58. The summed E-state index contributed by atoms with van der Waals surface area (Å²) < 4.78 is 5.64. The smallest absolute Gasteiger partial charge is 0.223 e. The maximum absolute atomic E-state index is 12.2. The van der Waals surface area contributed by atoms with Gasteiger partial charge in [-0.05, 0) is 49.9 Å². The lowest BCUT2D eigenvalue weighted by Crippen LogP contribution is -2.35. The van der Waals surface area contributed by atoms with Gasteiger partial charge in [-0.1, -0.05) is 6.07 Å². The molecule has 1 saturated heterocycles. The molecule has 25 heavy (non-hydrogen) atoms. The highest BCUT2D eigenvalue weighted by Crippen LogP contribution is 2.58. The van der Waals surface area contributed by atoms with Gasteiger partial charge in [0.1, 0.15) is 12.4 Å². The molecular formula is C18H26ClN3O3. The Morgan fingerprint density at radius 3 is 2.80 bits per heavy atom. The van der Waals surface area contributed by atoms with E-state index in [1.165, 1.54) is 6.92 Å². The number of halogens is 1. The molecule has 1 saturated carbocycles. The molecule has 0 aromatic heterocycles. The molecule has 1 aliphatic heterocycles. The number of anilines is 1. The number of benzene rings is 1. The van der Waals surface area contributed by atoms with Crippen LogP contribution in [-0.2, 0) is 9.59 Å². The van der Waals surface area contributed by atoms with Crippen LogP contribution < -0.4 is 20.7 Å². The van der Waals surface area contributed by atoms with Crippen molar-refractivity contribution in [3.05, 3.63) is 24.3 Å². The molecule has 1 spiro atoms. The third kappa shape index (κ3) is 5.09. The molecule has 2 fully saturated rings. The Bertz CT molecular complexity index is 617. The Balaban J connectivity index is 0.00000225. The van der Waals surface area contributed by atoms with Gasteiger partial charge in [-0.25, -0.2) is 0 Å². The standard InChI is InChI=1S/C18H25N3O3.ClH/c1-13(22)21-14-3-2-4-15(11-14)24-10-9-20-17(23)16-12-18(16)5-7-19-8-6-18;/h2-4,11,16,19H,5-10,12H2,1H3,(H,20,23)(H,21,22);1H. The van der Waals surface area contributed by atoms with Crippen LogP contribution in [0.1, 0.15) is 26.2 Å². The van der Waals surface area contributed by atoms with Crippen LogP contribution >= 0.6 is 12.4 Å². The summed E-state index contributed by atoms with van der Waals surface area (Å²) in [6.07, 6.45) is 3.25. The molecule has 1 aliphatic carbocycles. The van der Waals surface area contributed by atoms with Gasteiger partial charge in [0.2, 0.25) is 11.8 Å². The molecular weight excluding hydrogens is 342 g/mol. The van der Waals surface area contributed by atoms with Gasteiger partial charge < -0.3 is 20.7 Å². The summed E-state index contributed by atoms with van der Waals surface area (Å²) in [6, 6.07) is 7.23. The molecule has 6 nitrogen and oxygen atoms in total. The number of ether oxygens (including phenoxy) is 1. The van der Waals surface area contributed by atoms with Crippen LogP contribution in [0.15, 0.2) is 24.3 Å². The first-order chi connectivity index (χ1) is 11.6. The second-order valence-corrected chi connectivity index (χ2v) is 6.72. The van der Waals surface area contributed by atoms with Crippen molar-refractivity contribution in [3.8, 4) is 5.75 Å². The molecule has 138 valence electrons. The average Bonchev–Trinajstić information content (AvgIpc) is 3.25. The third-order valence-electron chi connectivity index (χ3n) is 4.93. The van der Waals surface area contributed by atoms with Gasteiger partial charge in [0.25, 0.3) is 0 Å². The summed E-state index contributed by atoms with van der Waals surface area (Å²) in [5, 5.41) is 9.04. The lowest BCUT2D eigenvalue weighted by molar-refractivity contribution is -0.123. The Hall–Kier alpha value is -1.79. The number of piperidine rings is 1. The minimum Gasteiger partial charge on any atom is -0.492 e. The molecule has 3 rings (SSSR count). The minimum atomic E-state index is -0.115. The summed E-state index contributed by atoms with van der Waals surface area (Å²) >= 11 is 0. The molecule has 0 bridgehead atoms. The molecule has 3 N–H and O–H groups in total. The van der Waals surface area contributed by atoms with Gasteiger partial charge >= 0.3 is 0 Å².